The minimum absolute atomic E-state index is 0.714. The average molecular weight is 346 g/mol. The molecule has 0 aliphatic rings. The van der Waals surface area contributed by atoms with Crippen molar-refractivity contribution in [2.45, 2.75) is 13.5 Å². The molecule has 124 valence electrons. The fraction of sp³-hybridized carbons (Fsp3) is 0.100. The molecule has 0 fully saturated rings. The minimum Gasteiger partial charge on any atom is -0.289 e. The van der Waals surface area contributed by atoms with Gasteiger partial charge in [-0.15, -0.1) is 11.3 Å². The molecule has 25 heavy (non-hydrogen) atoms. The van der Waals surface area contributed by atoms with Gasteiger partial charge in [0.2, 0.25) is 0 Å². The number of nitrogens with zero attached hydrogens (tertiary/aromatic N) is 4. The van der Waals surface area contributed by atoms with Crippen LogP contribution in [0.4, 0.5) is 5.69 Å². The number of anilines is 1. The van der Waals surface area contributed by atoms with E-state index >= 15 is 0 Å². The zero-order valence-electron chi connectivity index (χ0n) is 13.9. The highest BCUT2D eigenvalue weighted by molar-refractivity contribution is 7.15. The van der Waals surface area contributed by atoms with Crippen LogP contribution < -0.4 is 5.01 Å². The van der Waals surface area contributed by atoms with E-state index in [1.165, 1.54) is 5.56 Å². The molecule has 0 amide bonds. The maximum atomic E-state index is 4.77. The highest BCUT2D eigenvalue weighted by Crippen LogP contribution is 2.19. The standard InChI is InChI=1S/C20H18N4S/c1-16-19(23-12-13-25-20(23)22-16)14-21-24(18-10-6-3-7-11-18)15-17-8-4-2-5-9-17/h2-14H,15H2,1H3/b21-14-. The van der Waals surface area contributed by atoms with Gasteiger partial charge in [-0.2, -0.15) is 5.10 Å². The van der Waals surface area contributed by atoms with E-state index in [-0.39, 0.29) is 0 Å². The van der Waals surface area contributed by atoms with Gasteiger partial charge >= 0.3 is 0 Å². The Labute approximate surface area is 150 Å². The largest absolute Gasteiger partial charge is 0.289 e. The fourth-order valence-electron chi connectivity index (χ4n) is 2.75. The van der Waals surface area contributed by atoms with E-state index in [1.54, 1.807) is 11.3 Å². The van der Waals surface area contributed by atoms with E-state index in [2.05, 4.69) is 45.8 Å². The molecule has 0 radical (unpaired) electrons. The van der Waals surface area contributed by atoms with Crippen molar-refractivity contribution >= 4 is 28.2 Å². The Balaban J connectivity index is 1.68. The van der Waals surface area contributed by atoms with E-state index < -0.39 is 0 Å². The van der Waals surface area contributed by atoms with Gasteiger partial charge in [-0.3, -0.25) is 9.41 Å². The summed E-state index contributed by atoms with van der Waals surface area (Å²) in [5, 5.41) is 8.83. The molecule has 2 aromatic heterocycles. The van der Waals surface area contributed by atoms with Gasteiger partial charge in [0.1, 0.15) is 0 Å². The fourth-order valence-corrected chi connectivity index (χ4v) is 3.51. The quantitative estimate of drug-likeness (QED) is 0.386. The van der Waals surface area contributed by atoms with Crippen LogP contribution in [0, 0.1) is 6.92 Å². The van der Waals surface area contributed by atoms with Crippen molar-refractivity contribution in [3.8, 4) is 0 Å². The van der Waals surface area contributed by atoms with Crippen molar-refractivity contribution in [1.29, 1.82) is 0 Å². The number of aromatic nitrogens is 2. The molecule has 4 aromatic rings. The molecule has 0 aliphatic heterocycles. The molecule has 0 unspecified atom stereocenters. The summed E-state index contributed by atoms with van der Waals surface area (Å²) in [6, 6.07) is 20.6. The summed E-state index contributed by atoms with van der Waals surface area (Å²) in [7, 11) is 0. The van der Waals surface area contributed by atoms with E-state index in [4.69, 9.17) is 5.10 Å². The summed E-state index contributed by atoms with van der Waals surface area (Å²) < 4.78 is 2.08. The Morgan fingerprint density at radius 3 is 2.56 bits per heavy atom. The first-order chi connectivity index (χ1) is 12.3. The third-order valence-electron chi connectivity index (χ3n) is 4.03. The second-order valence-electron chi connectivity index (χ2n) is 5.76. The summed E-state index contributed by atoms with van der Waals surface area (Å²) in [5.41, 5.74) is 4.29. The Morgan fingerprint density at radius 2 is 1.80 bits per heavy atom. The van der Waals surface area contributed by atoms with Crippen molar-refractivity contribution in [3.05, 3.63) is 89.2 Å². The topological polar surface area (TPSA) is 32.9 Å². The van der Waals surface area contributed by atoms with Gasteiger partial charge in [0.25, 0.3) is 0 Å². The summed E-state index contributed by atoms with van der Waals surface area (Å²) in [4.78, 5) is 5.57. The third-order valence-corrected chi connectivity index (χ3v) is 4.79. The number of imidazole rings is 1. The maximum absolute atomic E-state index is 4.77. The van der Waals surface area contributed by atoms with Crippen LogP contribution in [-0.2, 0) is 6.54 Å². The first-order valence-electron chi connectivity index (χ1n) is 8.14. The summed E-state index contributed by atoms with van der Waals surface area (Å²) in [6.07, 6.45) is 3.93. The highest BCUT2D eigenvalue weighted by Gasteiger charge is 2.09. The number of thiazole rings is 1. The van der Waals surface area contributed by atoms with E-state index in [0.717, 1.165) is 22.0 Å². The predicted octanol–water partition coefficient (Wildman–Crippen LogP) is 4.74. The second kappa shape index (κ2) is 6.91. The summed E-state index contributed by atoms with van der Waals surface area (Å²) in [5.74, 6) is 0. The first-order valence-corrected chi connectivity index (χ1v) is 9.02. The van der Waals surface area contributed by atoms with E-state index in [1.807, 2.05) is 54.0 Å². The number of hydrogen-bond acceptors (Lipinski definition) is 4. The molecule has 4 rings (SSSR count). The van der Waals surface area contributed by atoms with E-state index in [0.29, 0.717) is 6.54 Å². The van der Waals surface area contributed by atoms with Gasteiger partial charge in [0, 0.05) is 11.6 Å². The Morgan fingerprint density at radius 1 is 1.08 bits per heavy atom. The van der Waals surface area contributed by atoms with Crippen molar-refractivity contribution < 1.29 is 0 Å². The third kappa shape index (κ3) is 3.32. The van der Waals surface area contributed by atoms with Crippen molar-refractivity contribution in [3.63, 3.8) is 0 Å². The molecule has 0 saturated carbocycles. The molecule has 0 atom stereocenters. The molecule has 4 nitrogen and oxygen atoms in total. The molecule has 0 spiro atoms. The molecule has 0 N–H and O–H groups in total. The number of rotatable bonds is 5. The number of fused-ring (bicyclic) bond motifs is 1. The maximum Gasteiger partial charge on any atom is 0.194 e. The molecular weight excluding hydrogens is 328 g/mol. The smallest absolute Gasteiger partial charge is 0.194 e. The lowest BCUT2D eigenvalue weighted by atomic mass is 10.2. The highest BCUT2D eigenvalue weighted by atomic mass is 32.1. The zero-order chi connectivity index (χ0) is 17.1. The number of benzene rings is 2. The summed E-state index contributed by atoms with van der Waals surface area (Å²) >= 11 is 1.63. The van der Waals surface area contributed by atoms with Crippen LogP contribution in [0.3, 0.4) is 0 Å². The van der Waals surface area contributed by atoms with Crippen LogP contribution in [-0.4, -0.2) is 15.6 Å². The molecular formula is C20H18N4S. The minimum atomic E-state index is 0.714. The van der Waals surface area contributed by atoms with Crippen molar-refractivity contribution in [1.82, 2.24) is 9.38 Å². The van der Waals surface area contributed by atoms with Gasteiger partial charge in [-0.05, 0) is 24.6 Å². The molecule has 0 bridgehead atoms. The monoisotopic (exact) mass is 346 g/mol. The van der Waals surface area contributed by atoms with Crippen molar-refractivity contribution in [2.75, 3.05) is 5.01 Å². The van der Waals surface area contributed by atoms with Crippen LogP contribution in [0.1, 0.15) is 17.0 Å². The summed E-state index contributed by atoms with van der Waals surface area (Å²) in [6.45, 7) is 2.73. The van der Waals surface area contributed by atoms with Gasteiger partial charge in [0.05, 0.1) is 29.8 Å². The molecule has 0 saturated heterocycles. The van der Waals surface area contributed by atoms with Gasteiger partial charge < -0.3 is 0 Å². The van der Waals surface area contributed by atoms with Crippen LogP contribution in [0.2, 0.25) is 0 Å². The Hall–Kier alpha value is -2.92. The molecule has 0 aliphatic carbocycles. The lowest BCUT2D eigenvalue weighted by Crippen LogP contribution is -2.16. The zero-order valence-corrected chi connectivity index (χ0v) is 14.7. The van der Waals surface area contributed by atoms with Crippen molar-refractivity contribution in [2.24, 2.45) is 5.10 Å². The number of hydrogen-bond donors (Lipinski definition) is 0. The normalized spacial score (nSPS) is 11.4. The second-order valence-corrected chi connectivity index (χ2v) is 6.63. The van der Waals surface area contributed by atoms with Gasteiger partial charge in [-0.25, -0.2) is 4.98 Å². The van der Waals surface area contributed by atoms with Crippen LogP contribution in [0.5, 0.6) is 0 Å². The van der Waals surface area contributed by atoms with Crippen LogP contribution >= 0.6 is 11.3 Å². The SMILES string of the molecule is Cc1nc2sccn2c1/C=N\N(Cc1ccccc1)c1ccccc1. The number of aryl methyl sites for hydroxylation is 1. The van der Waals surface area contributed by atoms with Gasteiger partial charge in [-0.1, -0.05) is 48.5 Å². The van der Waals surface area contributed by atoms with E-state index in [9.17, 15) is 0 Å². The lowest BCUT2D eigenvalue weighted by Gasteiger charge is -2.19. The lowest BCUT2D eigenvalue weighted by molar-refractivity contribution is 0.857. The van der Waals surface area contributed by atoms with Crippen LogP contribution in [0.15, 0.2) is 77.3 Å². The Kier molecular flexibility index (Phi) is 4.31. The number of para-hydroxylation sites is 1. The molecule has 2 heterocycles. The molecule has 5 heteroatoms. The number of hydrazone groups is 1. The average Bonchev–Trinajstić information content (AvgIpc) is 3.21. The first kappa shape index (κ1) is 15.6. The van der Waals surface area contributed by atoms with Gasteiger partial charge in [0.15, 0.2) is 4.96 Å². The van der Waals surface area contributed by atoms with Crippen LogP contribution in [0.25, 0.3) is 4.96 Å². The predicted molar refractivity (Wildman–Crippen MR) is 104 cm³/mol. The molecule has 2 aromatic carbocycles. The Bertz CT molecular complexity index is 986.